The fourth-order valence-corrected chi connectivity index (χ4v) is 1.71. The molecular weight excluding hydrogens is 196 g/mol. The molecule has 0 saturated heterocycles. The molecule has 0 aliphatic rings. The van der Waals surface area contributed by atoms with E-state index in [4.69, 9.17) is 5.73 Å². The first-order valence-corrected chi connectivity index (χ1v) is 6.62. The third-order valence-electron chi connectivity index (χ3n) is 2.12. The Morgan fingerprint density at radius 3 is 2.79 bits per heavy atom. The zero-order valence-corrected chi connectivity index (χ0v) is 10.0. The Kier molecular flexibility index (Phi) is 9.19. The summed E-state index contributed by atoms with van der Waals surface area (Å²) in [6.07, 6.45) is 5.02. The van der Waals surface area contributed by atoms with Crippen LogP contribution in [0.15, 0.2) is 0 Å². The number of rotatable bonds is 8. The van der Waals surface area contributed by atoms with E-state index in [1.807, 2.05) is 0 Å². The molecule has 0 saturated carbocycles. The van der Waals surface area contributed by atoms with Crippen molar-refractivity contribution in [2.75, 3.05) is 25.1 Å². The normalized spacial score (nSPS) is 12.5. The van der Waals surface area contributed by atoms with E-state index in [9.17, 15) is 4.79 Å². The van der Waals surface area contributed by atoms with Crippen LogP contribution in [0.3, 0.4) is 0 Å². The number of carbonyl (C=O) groups is 1. The maximum atomic E-state index is 11.5. The van der Waals surface area contributed by atoms with Crippen molar-refractivity contribution in [1.29, 1.82) is 0 Å². The molecule has 0 spiro atoms. The lowest BCUT2D eigenvalue weighted by molar-refractivity contribution is -0.124. The monoisotopic (exact) mass is 218 g/mol. The van der Waals surface area contributed by atoms with Crippen molar-refractivity contribution in [3.63, 3.8) is 0 Å². The van der Waals surface area contributed by atoms with Crippen LogP contribution in [0.4, 0.5) is 0 Å². The molecule has 14 heavy (non-hydrogen) atoms. The molecule has 3 N–H and O–H groups in total. The molecule has 0 bridgehead atoms. The summed E-state index contributed by atoms with van der Waals surface area (Å²) in [5, 5.41) is 2.92. The Morgan fingerprint density at radius 1 is 1.57 bits per heavy atom. The van der Waals surface area contributed by atoms with Gasteiger partial charge in [-0.15, -0.1) is 0 Å². The summed E-state index contributed by atoms with van der Waals surface area (Å²) >= 11 is 1.80. The Hall–Kier alpha value is -0.220. The molecule has 1 amide bonds. The highest BCUT2D eigenvalue weighted by Crippen LogP contribution is 2.04. The summed E-state index contributed by atoms with van der Waals surface area (Å²) in [6.45, 7) is 3.31. The highest BCUT2D eigenvalue weighted by molar-refractivity contribution is 7.98. The lowest BCUT2D eigenvalue weighted by Gasteiger charge is -2.13. The van der Waals surface area contributed by atoms with Crippen LogP contribution >= 0.6 is 11.8 Å². The topological polar surface area (TPSA) is 55.1 Å². The van der Waals surface area contributed by atoms with Crippen molar-refractivity contribution >= 4 is 17.7 Å². The summed E-state index contributed by atoms with van der Waals surface area (Å²) in [7, 11) is 0. The van der Waals surface area contributed by atoms with Gasteiger partial charge in [0.05, 0.1) is 5.92 Å². The van der Waals surface area contributed by atoms with Gasteiger partial charge in [0.15, 0.2) is 0 Å². The maximum Gasteiger partial charge on any atom is 0.224 e. The molecule has 4 heteroatoms. The third kappa shape index (κ3) is 6.27. The SMILES string of the molecule is CCCC(CN)C(=O)NCCCSC. The minimum Gasteiger partial charge on any atom is -0.356 e. The molecule has 0 heterocycles. The van der Waals surface area contributed by atoms with Crippen molar-refractivity contribution in [3.05, 3.63) is 0 Å². The van der Waals surface area contributed by atoms with Crippen LogP contribution in [-0.2, 0) is 4.79 Å². The molecule has 0 aromatic heterocycles. The van der Waals surface area contributed by atoms with E-state index in [1.54, 1.807) is 11.8 Å². The minimum atomic E-state index is 0.00859. The number of nitrogens with one attached hydrogen (secondary N) is 1. The minimum absolute atomic E-state index is 0.00859. The molecule has 0 aromatic rings. The van der Waals surface area contributed by atoms with Gasteiger partial charge in [0.2, 0.25) is 5.91 Å². The smallest absolute Gasteiger partial charge is 0.224 e. The van der Waals surface area contributed by atoms with Crippen molar-refractivity contribution in [2.24, 2.45) is 11.7 Å². The first-order valence-electron chi connectivity index (χ1n) is 5.23. The standard InChI is InChI=1S/C10H22N2OS/c1-3-5-9(8-11)10(13)12-6-4-7-14-2/h9H,3-8,11H2,1-2H3,(H,12,13). The Balaban J connectivity index is 3.58. The third-order valence-corrected chi connectivity index (χ3v) is 2.81. The second-order valence-corrected chi connectivity index (χ2v) is 4.34. The maximum absolute atomic E-state index is 11.5. The van der Waals surface area contributed by atoms with Gasteiger partial charge < -0.3 is 11.1 Å². The Morgan fingerprint density at radius 2 is 2.29 bits per heavy atom. The van der Waals surface area contributed by atoms with E-state index in [0.29, 0.717) is 6.54 Å². The lowest BCUT2D eigenvalue weighted by atomic mass is 10.0. The van der Waals surface area contributed by atoms with Crippen LogP contribution in [0.25, 0.3) is 0 Å². The summed E-state index contributed by atoms with van der Waals surface area (Å²) in [6, 6.07) is 0. The quantitative estimate of drug-likeness (QED) is 0.603. The predicted octanol–water partition coefficient (Wildman–Crippen LogP) is 1.23. The van der Waals surface area contributed by atoms with Gasteiger partial charge in [0, 0.05) is 13.1 Å². The van der Waals surface area contributed by atoms with Gasteiger partial charge in [-0.3, -0.25) is 4.79 Å². The van der Waals surface area contributed by atoms with Crippen molar-refractivity contribution in [2.45, 2.75) is 26.2 Å². The second-order valence-electron chi connectivity index (χ2n) is 3.36. The number of hydrogen-bond donors (Lipinski definition) is 2. The van der Waals surface area contributed by atoms with Gasteiger partial charge in [0.1, 0.15) is 0 Å². The van der Waals surface area contributed by atoms with E-state index in [-0.39, 0.29) is 11.8 Å². The molecule has 1 atom stereocenters. The van der Waals surface area contributed by atoms with Crippen LogP contribution in [0.1, 0.15) is 26.2 Å². The van der Waals surface area contributed by atoms with Crippen molar-refractivity contribution in [3.8, 4) is 0 Å². The van der Waals surface area contributed by atoms with Crippen molar-refractivity contribution < 1.29 is 4.79 Å². The lowest BCUT2D eigenvalue weighted by Crippen LogP contribution is -2.35. The van der Waals surface area contributed by atoms with E-state index in [1.165, 1.54) is 0 Å². The number of nitrogens with two attached hydrogens (primary N) is 1. The van der Waals surface area contributed by atoms with E-state index in [2.05, 4.69) is 18.5 Å². The van der Waals surface area contributed by atoms with Crippen LogP contribution in [0.2, 0.25) is 0 Å². The molecule has 0 aromatic carbocycles. The van der Waals surface area contributed by atoms with Crippen molar-refractivity contribution in [1.82, 2.24) is 5.32 Å². The molecule has 0 rings (SSSR count). The number of amides is 1. The van der Waals surface area contributed by atoms with Gasteiger partial charge in [0.25, 0.3) is 0 Å². The fraction of sp³-hybridized carbons (Fsp3) is 0.900. The van der Waals surface area contributed by atoms with E-state index in [0.717, 1.165) is 31.6 Å². The highest BCUT2D eigenvalue weighted by Gasteiger charge is 2.14. The van der Waals surface area contributed by atoms with Crippen LogP contribution in [0, 0.1) is 5.92 Å². The summed E-state index contributed by atoms with van der Waals surface area (Å²) in [5.74, 6) is 1.23. The highest BCUT2D eigenvalue weighted by atomic mass is 32.2. The summed E-state index contributed by atoms with van der Waals surface area (Å²) in [4.78, 5) is 11.5. The zero-order chi connectivity index (χ0) is 10.8. The molecule has 0 fully saturated rings. The molecule has 0 aliphatic carbocycles. The predicted molar refractivity (Wildman–Crippen MR) is 63.5 cm³/mol. The summed E-state index contributed by atoms with van der Waals surface area (Å²) < 4.78 is 0. The second kappa shape index (κ2) is 9.34. The van der Waals surface area contributed by atoms with Gasteiger partial charge >= 0.3 is 0 Å². The Labute approximate surface area is 91.2 Å². The average molecular weight is 218 g/mol. The summed E-state index contributed by atoms with van der Waals surface area (Å²) in [5.41, 5.74) is 5.53. The molecule has 1 unspecified atom stereocenters. The van der Waals surface area contributed by atoms with Gasteiger partial charge in [-0.05, 0) is 24.9 Å². The fourth-order valence-electron chi connectivity index (χ4n) is 1.28. The molecular formula is C10H22N2OS. The number of hydrogen-bond acceptors (Lipinski definition) is 3. The van der Waals surface area contributed by atoms with Gasteiger partial charge in [-0.25, -0.2) is 0 Å². The Bertz CT molecular complexity index is 153. The largest absolute Gasteiger partial charge is 0.356 e. The molecule has 3 nitrogen and oxygen atoms in total. The number of thioether (sulfide) groups is 1. The number of carbonyl (C=O) groups excluding carboxylic acids is 1. The molecule has 84 valence electrons. The van der Waals surface area contributed by atoms with Gasteiger partial charge in [-0.2, -0.15) is 11.8 Å². The average Bonchev–Trinajstić information content (AvgIpc) is 2.20. The molecule has 0 radical (unpaired) electrons. The van der Waals surface area contributed by atoms with Crippen LogP contribution < -0.4 is 11.1 Å². The van der Waals surface area contributed by atoms with Crippen LogP contribution in [-0.4, -0.2) is 31.0 Å². The first-order chi connectivity index (χ1) is 6.76. The van der Waals surface area contributed by atoms with Crippen LogP contribution in [0.5, 0.6) is 0 Å². The van der Waals surface area contributed by atoms with E-state index < -0.39 is 0 Å². The molecule has 0 aliphatic heterocycles. The first kappa shape index (κ1) is 13.8. The van der Waals surface area contributed by atoms with Gasteiger partial charge in [-0.1, -0.05) is 13.3 Å². The van der Waals surface area contributed by atoms with E-state index >= 15 is 0 Å². The zero-order valence-electron chi connectivity index (χ0n) is 9.21.